The Bertz CT molecular complexity index is 3260. The molecular formula is C65H52N2. The number of fused-ring (bicyclic) bond motifs is 5. The first kappa shape index (κ1) is 41.5. The molecule has 0 saturated heterocycles. The highest BCUT2D eigenvalue weighted by atomic mass is 15.2. The molecule has 8 aromatic carbocycles. The van der Waals surface area contributed by atoms with Gasteiger partial charge in [0.25, 0.3) is 0 Å². The van der Waals surface area contributed by atoms with Gasteiger partial charge in [0, 0.05) is 39.9 Å². The van der Waals surface area contributed by atoms with Gasteiger partial charge in [-0.05, 0) is 128 Å². The summed E-state index contributed by atoms with van der Waals surface area (Å²) in [5.74, 6) is 0. The minimum atomic E-state index is -0.566. The van der Waals surface area contributed by atoms with Crippen LogP contribution in [0.3, 0.4) is 0 Å². The first-order valence-electron chi connectivity index (χ1n) is 23.3. The van der Waals surface area contributed by atoms with Gasteiger partial charge < -0.3 is 9.80 Å². The number of nitrogens with zero attached hydrogens (tertiary/aromatic N) is 2. The molecule has 0 aromatic heterocycles. The van der Waals surface area contributed by atoms with E-state index in [1.807, 2.05) is 0 Å². The molecule has 67 heavy (non-hydrogen) atoms. The normalized spacial score (nSPS) is 17.2. The first-order chi connectivity index (χ1) is 32.8. The Kier molecular flexibility index (Phi) is 10.5. The van der Waals surface area contributed by atoms with E-state index in [1.165, 1.54) is 55.6 Å². The Morgan fingerprint density at radius 3 is 1.76 bits per heavy atom. The number of rotatable bonds is 7. The lowest BCUT2D eigenvalue weighted by Crippen LogP contribution is -2.29. The maximum absolute atomic E-state index is 4.53. The summed E-state index contributed by atoms with van der Waals surface area (Å²) < 4.78 is 0. The maximum Gasteiger partial charge on any atom is 0.0713 e. The fourth-order valence-electron chi connectivity index (χ4n) is 10.6. The van der Waals surface area contributed by atoms with Crippen LogP contribution in [0.1, 0.15) is 52.8 Å². The number of hydrogen-bond acceptors (Lipinski definition) is 2. The lowest BCUT2D eigenvalue weighted by Gasteiger charge is -2.36. The predicted octanol–water partition coefficient (Wildman–Crippen LogP) is 16.9. The number of benzene rings is 8. The molecule has 0 bridgehead atoms. The number of hydrogen-bond donors (Lipinski definition) is 0. The maximum atomic E-state index is 4.53. The van der Waals surface area contributed by atoms with E-state index in [4.69, 9.17) is 0 Å². The second-order valence-corrected chi connectivity index (χ2v) is 18.3. The van der Waals surface area contributed by atoms with Crippen molar-refractivity contribution < 1.29 is 0 Å². The first-order valence-corrected chi connectivity index (χ1v) is 23.3. The lowest BCUT2D eigenvalue weighted by atomic mass is 9.66. The molecule has 322 valence electrons. The third kappa shape index (κ3) is 7.14. The molecule has 0 fully saturated rings. The van der Waals surface area contributed by atoms with Crippen molar-refractivity contribution in [1.82, 2.24) is 0 Å². The van der Waals surface area contributed by atoms with Crippen molar-refractivity contribution >= 4 is 34.0 Å². The van der Waals surface area contributed by atoms with Crippen molar-refractivity contribution in [3.8, 4) is 22.3 Å². The van der Waals surface area contributed by atoms with Crippen molar-refractivity contribution in [3.63, 3.8) is 0 Å². The van der Waals surface area contributed by atoms with Crippen molar-refractivity contribution in [2.45, 2.75) is 31.1 Å². The zero-order valence-electron chi connectivity index (χ0n) is 38.1. The van der Waals surface area contributed by atoms with E-state index in [-0.39, 0.29) is 5.41 Å². The molecule has 0 unspecified atom stereocenters. The molecule has 11 rings (SSSR count). The molecule has 0 N–H and O–H groups in total. The standard InChI is InChI=1S/C65H52N2/c1-46-20-18-19-43-66(53-25-12-7-13-26-53)63-45-56(40-41-57(46)63)67(54-36-31-49(32-37-54)48-22-9-6-10-23-48)55-38-33-51(34-39-55)65(61-29-16-14-27-58(61)59-28-15-17-30-62(59)65)52-35-42-60-50(44-52)24-11-5-8-21-47(2)64(60,3)4/h5-23,25-45H,1-2,24H2,3-4H3/b11-5-,20-18-,21-8-,43-19-. The summed E-state index contributed by atoms with van der Waals surface area (Å²) in [5, 5.41) is 0. The number of para-hydroxylation sites is 1. The lowest BCUT2D eigenvalue weighted by molar-refractivity contribution is 0.633. The molecular weight excluding hydrogens is 809 g/mol. The van der Waals surface area contributed by atoms with Crippen LogP contribution in [0.25, 0.3) is 27.8 Å². The van der Waals surface area contributed by atoms with Gasteiger partial charge in [-0.1, -0.05) is 209 Å². The van der Waals surface area contributed by atoms with E-state index < -0.39 is 5.41 Å². The van der Waals surface area contributed by atoms with E-state index >= 15 is 0 Å². The second kappa shape index (κ2) is 17.0. The zero-order chi connectivity index (χ0) is 45.5. The summed E-state index contributed by atoms with van der Waals surface area (Å²) >= 11 is 0. The predicted molar refractivity (Wildman–Crippen MR) is 284 cm³/mol. The minimum absolute atomic E-state index is 0.229. The molecule has 8 aromatic rings. The van der Waals surface area contributed by atoms with E-state index in [0.29, 0.717) is 0 Å². The Balaban J connectivity index is 1.10. The number of anilines is 5. The van der Waals surface area contributed by atoms with Gasteiger partial charge in [-0.15, -0.1) is 0 Å². The molecule has 3 aliphatic rings. The largest absolute Gasteiger partial charge is 0.316 e. The molecule has 0 atom stereocenters. The molecule has 0 spiro atoms. The van der Waals surface area contributed by atoms with Gasteiger partial charge in [0.2, 0.25) is 0 Å². The smallest absolute Gasteiger partial charge is 0.0713 e. The molecule has 0 amide bonds. The summed E-state index contributed by atoms with van der Waals surface area (Å²) in [6, 6.07) is 71.5. The number of allylic oxidation sites excluding steroid dienone is 9. The van der Waals surface area contributed by atoms with E-state index in [1.54, 1.807) is 0 Å². The highest BCUT2D eigenvalue weighted by Gasteiger charge is 2.46. The van der Waals surface area contributed by atoms with Gasteiger partial charge in [-0.2, -0.15) is 0 Å². The fourth-order valence-corrected chi connectivity index (χ4v) is 10.6. The van der Waals surface area contributed by atoms with Gasteiger partial charge in [-0.3, -0.25) is 0 Å². The molecule has 2 aliphatic carbocycles. The molecule has 0 radical (unpaired) electrons. The third-order valence-electron chi connectivity index (χ3n) is 14.2. The van der Waals surface area contributed by atoms with Crippen molar-refractivity contribution in [1.29, 1.82) is 0 Å². The second-order valence-electron chi connectivity index (χ2n) is 18.3. The van der Waals surface area contributed by atoms with Crippen LogP contribution in [0.4, 0.5) is 28.4 Å². The highest BCUT2D eigenvalue weighted by Crippen LogP contribution is 2.57. The summed E-state index contributed by atoms with van der Waals surface area (Å²) in [7, 11) is 0. The van der Waals surface area contributed by atoms with Crippen molar-refractivity contribution in [2.75, 3.05) is 9.80 Å². The van der Waals surface area contributed by atoms with E-state index in [0.717, 1.165) is 51.6 Å². The van der Waals surface area contributed by atoms with Crippen LogP contribution < -0.4 is 9.80 Å². The quantitative estimate of drug-likeness (QED) is 0.158. The molecule has 1 aliphatic heterocycles. The molecule has 2 heteroatoms. The van der Waals surface area contributed by atoms with Gasteiger partial charge in [0.05, 0.1) is 11.1 Å². The van der Waals surface area contributed by atoms with Gasteiger partial charge in [0.1, 0.15) is 0 Å². The Labute approximate surface area is 395 Å². The van der Waals surface area contributed by atoms with E-state index in [2.05, 4.69) is 280 Å². The Hall–Kier alpha value is -8.20. The van der Waals surface area contributed by atoms with Crippen LogP contribution in [0.15, 0.2) is 262 Å². The highest BCUT2D eigenvalue weighted by molar-refractivity contribution is 5.91. The van der Waals surface area contributed by atoms with Crippen molar-refractivity contribution in [3.05, 3.63) is 301 Å². The monoisotopic (exact) mass is 860 g/mol. The summed E-state index contributed by atoms with van der Waals surface area (Å²) in [4.78, 5) is 4.65. The van der Waals surface area contributed by atoms with Gasteiger partial charge in [-0.25, -0.2) is 0 Å². The molecule has 1 heterocycles. The molecule has 2 nitrogen and oxygen atoms in total. The minimum Gasteiger partial charge on any atom is -0.316 e. The third-order valence-corrected chi connectivity index (χ3v) is 14.2. The van der Waals surface area contributed by atoms with Crippen LogP contribution in [0.5, 0.6) is 0 Å². The van der Waals surface area contributed by atoms with E-state index in [9.17, 15) is 0 Å². The fraction of sp³-hybridized carbons (Fsp3) is 0.0769. The summed E-state index contributed by atoms with van der Waals surface area (Å²) in [6.07, 6.45) is 17.9. The van der Waals surface area contributed by atoms with Gasteiger partial charge >= 0.3 is 0 Å². The van der Waals surface area contributed by atoms with Crippen LogP contribution in [-0.4, -0.2) is 0 Å². The average molecular weight is 861 g/mol. The van der Waals surface area contributed by atoms with Crippen molar-refractivity contribution in [2.24, 2.45) is 0 Å². The summed E-state index contributed by atoms with van der Waals surface area (Å²) in [5.41, 5.74) is 20.3. The van der Waals surface area contributed by atoms with Crippen LogP contribution >= 0.6 is 0 Å². The van der Waals surface area contributed by atoms with Crippen LogP contribution in [0.2, 0.25) is 0 Å². The Morgan fingerprint density at radius 2 is 1.06 bits per heavy atom. The summed E-state index contributed by atoms with van der Waals surface area (Å²) in [6.45, 7) is 13.6. The molecule has 0 saturated carbocycles. The topological polar surface area (TPSA) is 6.48 Å². The SMILES string of the molecule is C=C1/C=C\C=C/N(c2ccccc2)c2cc(N(c3ccc(-c4ccccc4)cc3)c3ccc(C4(c5ccc6c(c5)C/C=C\C=C/C(=C)C6(C)C)c5ccccc5-c5ccccc54)cc3)ccc21. The van der Waals surface area contributed by atoms with Crippen LogP contribution in [0, 0.1) is 0 Å². The zero-order valence-corrected chi connectivity index (χ0v) is 38.1. The van der Waals surface area contributed by atoms with Crippen LogP contribution in [-0.2, 0) is 17.3 Å². The Morgan fingerprint density at radius 1 is 0.478 bits per heavy atom. The van der Waals surface area contributed by atoms with Gasteiger partial charge in [0.15, 0.2) is 0 Å². The average Bonchev–Trinajstić information content (AvgIpc) is 3.69.